The molecule has 0 radical (unpaired) electrons. The van der Waals surface area contributed by atoms with Gasteiger partial charge in [-0.05, 0) is 31.0 Å². The highest BCUT2D eigenvalue weighted by molar-refractivity contribution is 7.99. The third kappa shape index (κ3) is 6.59. The lowest BCUT2D eigenvalue weighted by molar-refractivity contribution is -0.137. The van der Waals surface area contributed by atoms with Crippen LogP contribution in [0.25, 0.3) is 0 Å². The van der Waals surface area contributed by atoms with Crippen molar-refractivity contribution in [2.75, 3.05) is 17.7 Å². The molecule has 13 heteroatoms. The van der Waals surface area contributed by atoms with Crippen LogP contribution in [0.5, 0.6) is 0 Å². The maximum atomic E-state index is 13.2. The van der Waals surface area contributed by atoms with Crippen LogP contribution in [0.2, 0.25) is 5.02 Å². The first-order chi connectivity index (χ1) is 15.1. The van der Waals surface area contributed by atoms with Crippen LogP contribution in [0.1, 0.15) is 30.7 Å². The van der Waals surface area contributed by atoms with E-state index in [2.05, 4.69) is 15.5 Å². The number of hydrogen-bond donors (Lipinski definition) is 2. The molecule has 1 fully saturated rings. The summed E-state index contributed by atoms with van der Waals surface area (Å²) < 4.78 is 47.1. The fraction of sp³-hybridized carbons (Fsp3) is 0.474. The van der Waals surface area contributed by atoms with E-state index in [0.29, 0.717) is 24.1 Å². The van der Waals surface area contributed by atoms with E-state index in [0.717, 1.165) is 36.7 Å². The molecule has 1 aliphatic rings. The van der Waals surface area contributed by atoms with Gasteiger partial charge in [0.25, 0.3) is 0 Å². The standard InChI is InChI=1S/C19H21ClF3N5O3S/c20-11-3-4-14(13(8-11)19(21,22)23)25-17(30)10-32-18-27-26-16(6-5-15(24)29)28(18)9-12-2-1-7-31-12/h3-4,8,12H,1-2,5-7,9-10H2,(H2,24,29)(H,25,30). The van der Waals surface area contributed by atoms with Crippen molar-refractivity contribution in [2.45, 2.75) is 49.7 Å². The number of carbonyl (C=O) groups excluding carboxylic acids is 2. The molecule has 2 heterocycles. The van der Waals surface area contributed by atoms with E-state index in [4.69, 9.17) is 22.1 Å². The maximum Gasteiger partial charge on any atom is 0.418 e. The average molecular weight is 492 g/mol. The van der Waals surface area contributed by atoms with Crippen molar-refractivity contribution in [1.82, 2.24) is 14.8 Å². The Labute approximate surface area is 191 Å². The second kappa shape index (κ2) is 10.5. The van der Waals surface area contributed by atoms with Crippen LogP contribution in [-0.4, -0.2) is 45.0 Å². The topological polar surface area (TPSA) is 112 Å². The van der Waals surface area contributed by atoms with E-state index in [9.17, 15) is 22.8 Å². The first kappa shape index (κ1) is 24.3. The van der Waals surface area contributed by atoms with E-state index < -0.39 is 23.6 Å². The van der Waals surface area contributed by atoms with Gasteiger partial charge in [-0.2, -0.15) is 13.2 Å². The summed E-state index contributed by atoms with van der Waals surface area (Å²) in [6.07, 6.45) is -2.56. The molecule has 0 spiro atoms. The summed E-state index contributed by atoms with van der Waals surface area (Å²) in [7, 11) is 0. The number of primary amides is 1. The summed E-state index contributed by atoms with van der Waals surface area (Å²) in [5.74, 6) is -0.791. The van der Waals surface area contributed by atoms with Crippen LogP contribution in [0.15, 0.2) is 23.4 Å². The number of anilines is 1. The number of nitrogens with one attached hydrogen (secondary N) is 1. The zero-order valence-electron chi connectivity index (χ0n) is 16.8. The quantitative estimate of drug-likeness (QED) is 0.521. The lowest BCUT2D eigenvalue weighted by atomic mass is 10.1. The number of nitrogens with two attached hydrogens (primary N) is 1. The minimum absolute atomic E-state index is 0.0464. The molecule has 8 nitrogen and oxygen atoms in total. The average Bonchev–Trinajstić information content (AvgIpc) is 3.36. The summed E-state index contributed by atoms with van der Waals surface area (Å²) in [4.78, 5) is 23.5. The lowest BCUT2D eigenvalue weighted by Gasteiger charge is -2.15. The number of nitrogens with zero attached hydrogens (tertiary/aromatic N) is 3. The maximum absolute atomic E-state index is 13.2. The first-order valence-corrected chi connectivity index (χ1v) is 11.1. The van der Waals surface area contributed by atoms with Gasteiger partial charge in [-0.25, -0.2) is 0 Å². The van der Waals surface area contributed by atoms with Crippen molar-refractivity contribution in [1.29, 1.82) is 0 Å². The Morgan fingerprint density at radius 3 is 2.78 bits per heavy atom. The third-order valence-corrected chi connectivity index (χ3v) is 5.89. The molecule has 174 valence electrons. The molecule has 1 atom stereocenters. The highest BCUT2D eigenvalue weighted by Crippen LogP contribution is 2.36. The molecule has 32 heavy (non-hydrogen) atoms. The summed E-state index contributed by atoms with van der Waals surface area (Å²) in [5, 5.41) is 10.7. The molecule has 2 aromatic rings. The van der Waals surface area contributed by atoms with E-state index in [-0.39, 0.29) is 35.4 Å². The summed E-state index contributed by atoms with van der Waals surface area (Å²) in [6, 6.07) is 3.13. The molecule has 3 N–H and O–H groups in total. The molecule has 1 saturated heterocycles. The molecule has 2 amide bonds. The zero-order chi connectivity index (χ0) is 23.3. The minimum Gasteiger partial charge on any atom is -0.376 e. The number of ether oxygens (including phenoxy) is 1. The SMILES string of the molecule is NC(=O)CCc1nnc(SCC(=O)Nc2ccc(Cl)cc2C(F)(F)F)n1CC1CCCO1. The molecule has 3 rings (SSSR count). The Morgan fingerprint density at radius 1 is 1.34 bits per heavy atom. The van der Waals surface area contributed by atoms with Crippen LogP contribution in [0.3, 0.4) is 0 Å². The van der Waals surface area contributed by atoms with Crippen LogP contribution < -0.4 is 11.1 Å². The van der Waals surface area contributed by atoms with Crippen LogP contribution in [-0.2, 0) is 33.5 Å². The van der Waals surface area contributed by atoms with Gasteiger partial charge in [0.2, 0.25) is 11.8 Å². The van der Waals surface area contributed by atoms with Crippen molar-refractivity contribution < 1.29 is 27.5 Å². The molecule has 1 unspecified atom stereocenters. The number of halogens is 4. The fourth-order valence-corrected chi connectivity index (χ4v) is 4.14. The summed E-state index contributed by atoms with van der Waals surface area (Å²) >= 11 is 6.69. The second-order valence-corrected chi connectivity index (χ2v) is 8.51. The van der Waals surface area contributed by atoms with Gasteiger partial charge in [-0.3, -0.25) is 9.59 Å². The van der Waals surface area contributed by atoms with Crippen molar-refractivity contribution in [3.8, 4) is 0 Å². The van der Waals surface area contributed by atoms with Gasteiger partial charge < -0.3 is 20.4 Å². The molecule has 1 aromatic heterocycles. The predicted octanol–water partition coefficient (Wildman–Crippen LogP) is 3.28. The van der Waals surface area contributed by atoms with E-state index in [1.54, 1.807) is 4.57 Å². The smallest absolute Gasteiger partial charge is 0.376 e. The van der Waals surface area contributed by atoms with Crippen LogP contribution >= 0.6 is 23.4 Å². The van der Waals surface area contributed by atoms with Gasteiger partial charge in [-0.15, -0.1) is 10.2 Å². The van der Waals surface area contributed by atoms with Crippen LogP contribution in [0, 0.1) is 0 Å². The molecule has 0 bridgehead atoms. The van der Waals surface area contributed by atoms with Gasteiger partial charge in [0.15, 0.2) is 5.16 Å². The largest absolute Gasteiger partial charge is 0.418 e. The van der Waals surface area contributed by atoms with E-state index >= 15 is 0 Å². The van der Waals surface area contributed by atoms with Crippen molar-refractivity contribution in [3.05, 3.63) is 34.6 Å². The number of carbonyl (C=O) groups is 2. The van der Waals surface area contributed by atoms with Gasteiger partial charge >= 0.3 is 6.18 Å². The second-order valence-electron chi connectivity index (χ2n) is 7.14. The fourth-order valence-electron chi connectivity index (χ4n) is 3.20. The number of hydrogen-bond acceptors (Lipinski definition) is 6. The molecule has 1 aromatic carbocycles. The number of amides is 2. The molecular formula is C19H21ClF3N5O3S. The van der Waals surface area contributed by atoms with Crippen molar-refractivity contribution in [3.63, 3.8) is 0 Å². The van der Waals surface area contributed by atoms with E-state index in [1.807, 2.05) is 0 Å². The van der Waals surface area contributed by atoms with E-state index in [1.165, 1.54) is 6.07 Å². The highest BCUT2D eigenvalue weighted by Gasteiger charge is 2.34. The Morgan fingerprint density at radius 2 is 2.12 bits per heavy atom. The lowest BCUT2D eigenvalue weighted by Crippen LogP contribution is -2.20. The first-order valence-electron chi connectivity index (χ1n) is 9.75. The molecular weight excluding hydrogens is 471 g/mol. The Hall–Kier alpha value is -2.31. The Kier molecular flexibility index (Phi) is 8.01. The monoisotopic (exact) mass is 491 g/mol. The van der Waals surface area contributed by atoms with Crippen molar-refractivity contribution in [2.24, 2.45) is 5.73 Å². The zero-order valence-corrected chi connectivity index (χ0v) is 18.4. The minimum atomic E-state index is -4.67. The number of thioether (sulfide) groups is 1. The number of benzene rings is 1. The highest BCUT2D eigenvalue weighted by atomic mass is 35.5. The van der Waals surface area contributed by atoms with Gasteiger partial charge in [0, 0.05) is 24.5 Å². The number of aromatic nitrogens is 3. The van der Waals surface area contributed by atoms with Gasteiger partial charge in [0.05, 0.1) is 29.7 Å². The van der Waals surface area contributed by atoms with Gasteiger partial charge in [-0.1, -0.05) is 23.4 Å². The number of alkyl halides is 3. The third-order valence-electron chi connectivity index (χ3n) is 4.69. The van der Waals surface area contributed by atoms with Crippen molar-refractivity contribution >= 4 is 40.9 Å². The molecule has 0 aliphatic carbocycles. The predicted molar refractivity (Wildman–Crippen MR) is 112 cm³/mol. The normalized spacial score (nSPS) is 16.3. The molecule has 0 saturated carbocycles. The van der Waals surface area contributed by atoms with Crippen LogP contribution in [0.4, 0.5) is 18.9 Å². The summed E-state index contributed by atoms with van der Waals surface area (Å²) in [5.41, 5.74) is 3.81. The Bertz CT molecular complexity index is 980. The summed E-state index contributed by atoms with van der Waals surface area (Å²) in [6.45, 7) is 1.09. The number of rotatable bonds is 9. The molecule has 1 aliphatic heterocycles. The van der Waals surface area contributed by atoms with Gasteiger partial charge in [0.1, 0.15) is 5.82 Å². The Balaban J connectivity index is 1.69. The number of aryl methyl sites for hydroxylation is 1.